The van der Waals surface area contributed by atoms with Crippen molar-refractivity contribution in [2.75, 3.05) is 28.4 Å². The normalized spacial score (nSPS) is 10.9. The quantitative estimate of drug-likeness (QED) is 0.592. The summed E-state index contributed by atoms with van der Waals surface area (Å²) in [6.45, 7) is 3.89. The maximum atomic E-state index is 12.5. The van der Waals surface area contributed by atoms with E-state index in [1.807, 2.05) is 38.1 Å². The molecule has 0 fully saturated rings. The summed E-state index contributed by atoms with van der Waals surface area (Å²) in [5, 5.41) is 0.794. The molecule has 7 heteroatoms. The molecule has 0 amide bonds. The van der Waals surface area contributed by atoms with E-state index < -0.39 is 5.97 Å². The maximum absolute atomic E-state index is 12.5. The number of esters is 1. The molecule has 0 aliphatic carbocycles. The number of ether oxygens (including phenoxy) is 5. The number of hydrogen-bond acceptors (Lipinski definition) is 6. The Labute approximate surface area is 169 Å². The fraction of sp³-hybridized carbons (Fsp3) is 0.318. The molecular formula is C22H25NO6. The third kappa shape index (κ3) is 3.81. The minimum Gasteiger partial charge on any atom is -0.493 e. The summed E-state index contributed by atoms with van der Waals surface area (Å²) in [6, 6.07) is 9.17. The van der Waals surface area contributed by atoms with Crippen molar-refractivity contribution in [3.05, 3.63) is 36.0 Å². The smallest absolute Gasteiger partial charge is 0.355 e. The summed E-state index contributed by atoms with van der Waals surface area (Å²) in [5.41, 5.74) is 2.51. The fourth-order valence-electron chi connectivity index (χ4n) is 3.25. The third-order valence-corrected chi connectivity index (χ3v) is 4.51. The zero-order chi connectivity index (χ0) is 21.1. The van der Waals surface area contributed by atoms with Crippen LogP contribution in [0.2, 0.25) is 0 Å². The first-order valence-corrected chi connectivity index (χ1v) is 9.14. The highest BCUT2D eigenvalue weighted by Gasteiger charge is 2.23. The minimum atomic E-state index is -0.476. The molecule has 0 atom stereocenters. The fourth-order valence-corrected chi connectivity index (χ4v) is 3.25. The van der Waals surface area contributed by atoms with Crippen LogP contribution in [0.15, 0.2) is 30.3 Å². The number of aromatic nitrogens is 1. The Balaban J connectivity index is 2.27. The van der Waals surface area contributed by atoms with Gasteiger partial charge in [0.05, 0.1) is 40.1 Å². The summed E-state index contributed by atoms with van der Waals surface area (Å²) in [4.78, 5) is 15.6. The summed E-state index contributed by atoms with van der Waals surface area (Å²) >= 11 is 0. The predicted molar refractivity (Wildman–Crippen MR) is 110 cm³/mol. The summed E-state index contributed by atoms with van der Waals surface area (Å²) in [7, 11) is 6.06. The number of carbonyl (C=O) groups excluding carboxylic acids is 1. The number of nitrogens with one attached hydrogen (secondary N) is 1. The van der Waals surface area contributed by atoms with Gasteiger partial charge in [-0.3, -0.25) is 0 Å². The monoisotopic (exact) mass is 399 g/mol. The van der Waals surface area contributed by atoms with E-state index in [-0.39, 0.29) is 6.10 Å². The van der Waals surface area contributed by atoms with Gasteiger partial charge in [0.25, 0.3) is 0 Å². The van der Waals surface area contributed by atoms with E-state index >= 15 is 0 Å². The molecule has 154 valence electrons. The van der Waals surface area contributed by atoms with Crippen molar-refractivity contribution in [3.63, 3.8) is 0 Å². The van der Waals surface area contributed by atoms with Crippen LogP contribution in [0.5, 0.6) is 23.0 Å². The van der Waals surface area contributed by atoms with E-state index in [4.69, 9.17) is 23.7 Å². The zero-order valence-corrected chi connectivity index (χ0v) is 17.4. The lowest BCUT2D eigenvalue weighted by Gasteiger charge is -2.15. The van der Waals surface area contributed by atoms with Crippen LogP contribution < -0.4 is 18.9 Å². The van der Waals surface area contributed by atoms with E-state index in [1.165, 1.54) is 7.11 Å². The van der Waals surface area contributed by atoms with Gasteiger partial charge in [-0.2, -0.15) is 0 Å². The Morgan fingerprint density at radius 3 is 2.07 bits per heavy atom. The molecule has 29 heavy (non-hydrogen) atoms. The first-order chi connectivity index (χ1) is 13.9. The van der Waals surface area contributed by atoms with Gasteiger partial charge in [-0.1, -0.05) is 6.07 Å². The molecule has 0 spiro atoms. The maximum Gasteiger partial charge on any atom is 0.355 e. The molecule has 0 saturated heterocycles. The SMILES string of the molecule is COC(=O)c1[nH]c2cc(OC)c(OC)cc2c1-c1ccc(OC(C)C)c(OC)c1. The van der Waals surface area contributed by atoms with Gasteiger partial charge < -0.3 is 28.7 Å². The second kappa shape index (κ2) is 8.34. The van der Waals surface area contributed by atoms with Crippen LogP contribution in [0.1, 0.15) is 24.3 Å². The Kier molecular flexibility index (Phi) is 5.87. The number of benzene rings is 2. The lowest BCUT2D eigenvalue weighted by atomic mass is 10.0. The Morgan fingerprint density at radius 1 is 0.862 bits per heavy atom. The second-order valence-corrected chi connectivity index (χ2v) is 6.65. The highest BCUT2D eigenvalue weighted by atomic mass is 16.5. The van der Waals surface area contributed by atoms with Crippen LogP contribution in [0.3, 0.4) is 0 Å². The molecule has 3 aromatic rings. The summed E-state index contributed by atoms with van der Waals surface area (Å²) in [5.74, 6) is 1.84. The van der Waals surface area contributed by atoms with Crippen molar-refractivity contribution in [1.29, 1.82) is 0 Å². The van der Waals surface area contributed by atoms with Crippen LogP contribution in [-0.4, -0.2) is 45.5 Å². The molecule has 2 aromatic carbocycles. The predicted octanol–water partition coefficient (Wildman–Crippen LogP) is 4.43. The molecular weight excluding hydrogens is 374 g/mol. The Morgan fingerprint density at radius 2 is 1.48 bits per heavy atom. The number of rotatable bonds is 7. The van der Waals surface area contributed by atoms with Crippen molar-refractivity contribution in [3.8, 4) is 34.1 Å². The van der Waals surface area contributed by atoms with Crippen molar-refractivity contribution in [1.82, 2.24) is 4.98 Å². The van der Waals surface area contributed by atoms with Crippen LogP contribution in [0.4, 0.5) is 0 Å². The van der Waals surface area contributed by atoms with Gasteiger partial charge in [-0.05, 0) is 37.6 Å². The molecule has 0 aliphatic heterocycles. The second-order valence-electron chi connectivity index (χ2n) is 6.65. The molecule has 0 aliphatic rings. The largest absolute Gasteiger partial charge is 0.493 e. The summed E-state index contributed by atoms with van der Waals surface area (Å²) in [6.07, 6.45) is 0.00481. The number of hydrogen-bond donors (Lipinski definition) is 1. The number of fused-ring (bicyclic) bond motifs is 1. The topological polar surface area (TPSA) is 79.0 Å². The number of carbonyl (C=O) groups is 1. The highest BCUT2D eigenvalue weighted by Crippen LogP contribution is 2.41. The zero-order valence-electron chi connectivity index (χ0n) is 17.4. The van der Waals surface area contributed by atoms with Crippen LogP contribution >= 0.6 is 0 Å². The first kappa shape index (κ1) is 20.4. The molecule has 1 aromatic heterocycles. The molecule has 3 rings (SSSR count). The molecule has 0 radical (unpaired) electrons. The van der Waals surface area contributed by atoms with Crippen molar-refractivity contribution in [2.45, 2.75) is 20.0 Å². The van der Waals surface area contributed by atoms with Crippen LogP contribution in [-0.2, 0) is 4.74 Å². The van der Waals surface area contributed by atoms with Crippen LogP contribution in [0.25, 0.3) is 22.0 Å². The molecule has 1 heterocycles. The van der Waals surface area contributed by atoms with Gasteiger partial charge >= 0.3 is 5.97 Å². The van der Waals surface area contributed by atoms with Crippen molar-refractivity contribution >= 4 is 16.9 Å². The molecule has 0 saturated carbocycles. The minimum absolute atomic E-state index is 0.00481. The number of methoxy groups -OCH3 is 4. The molecule has 0 bridgehead atoms. The average Bonchev–Trinajstić information content (AvgIpc) is 3.10. The van der Waals surface area contributed by atoms with E-state index in [0.717, 1.165) is 16.5 Å². The Hall–Kier alpha value is -3.35. The standard InChI is InChI=1S/C22H25NO6/c1-12(2)29-16-8-7-13(9-17(16)25-3)20-14-10-18(26-4)19(27-5)11-15(14)23-21(20)22(24)28-6/h7-12,23H,1-6H3. The van der Waals surface area contributed by atoms with Gasteiger partial charge in [0.15, 0.2) is 23.0 Å². The van der Waals surface area contributed by atoms with Gasteiger partial charge in [-0.25, -0.2) is 4.79 Å². The molecule has 0 unspecified atom stereocenters. The van der Waals surface area contributed by atoms with E-state index in [1.54, 1.807) is 27.4 Å². The van der Waals surface area contributed by atoms with Crippen molar-refractivity contribution in [2.24, 2.45) is 0 Å². The summed E-state index contributed by atoms with van der Waals surface area (Å²) < 4.78 is 27.1. The van der Waals surface area contributed by atoms with Crippen LogP contribution in [0, 0.1) is 0 Å². The molecule has 7 nitrogen and oxygen atoms in total. The number of aromatic amines is 1. The van der Waals surface area contributed by atoms with Gasteiger partial charge in [-0.15, -0.1) is 0 Å². The van der Waals surface area contributed by atoms with Gasteiger partial charge in [0, 0.05) is 17.0 Å². The first-order valence-electron chi connectivity index (χ1n) is 9.14. The van der Waals surface area contributed by atoms with Crippen molar-refractivity contribution < 1.29 is 28.5 Å². The highest BCUT2D eigenvalue weighted by molar-refractivity contribution is 6.09. The van der Waals surface area contributed by atoms with Gasteiger partial charge in [0.1, 0.15) is 5.69 Å². The number of H-pyrrole nitrogens is 1. The van der Waals surface area contributed by atoms with E-state index in [0.29, 0.717) is 34.3 Å². The average molecular weight is 399 g/mol. The third-order valence-electron chi connectivity index (χ3n) is 4.51. The Bertz CT molecular complexity index is 1040. The lowest BCUT2D eigenvalue weighted by Crippen LogP contribution is -2.07. The van der Waals surface area contributed by atoms with E-state index in [9.17, 15) is 4.79 Å². The molecule has 1 N–H and O–H groups in total. The lowest BCUT2D eigenvalue weighted by molar-refractivity contribution is 0.0596. The van der Waals surface area contributed by atoms with E-state index in [2.05, 4.69) is 4.98 Å². The van der Waals surface area contributed by atoms with Gasteiger partial charge in [0.2, 0.25) is 0 Å².